The molecule has 0 bridgehead atoms. The Morgan fingerprint density at radius 3 is 2.22 bits per heavy atom. The van der Waals surface area contributed by atoms with Gasteiger partial charge in [-0.3, -0.25) is 0 Å². The molecule has 1 atom stereocenters. The maximum absolute atomic E-state index is 3.52. The number of nitrogens with one attached hydrogen (secondary N) is 2. The topological polar surface area (TPSA) is 30.5 Å². The van der Waals surface area contributed by atoms with E-state index in [9.17, 15) is 0 Å². The van der Waals surface area contributed by atoms with E-state index in [1.807, 2.05) is 0 Å². The Balaban J connectivity index is 0. The minimum atomic E-state index is 0. The Morgan fingerprint density at radius 2 is 1.56 bits per heavy atom. The summed E-state index contributed by atoms with van der Waals surface area (Å²) in [6, 6.07) is 0. The van der Waals surface area contributed by atoms with Gasteiger partial charge in [0, 0.05) is 0 Å². The quantitative estimate of drug-likeness (QED) is 0.432. The molecule has 1 fully saturated rings. The third kappa shape index (κ3) is 8.33. The van der Waals surface area contributed by atoms with E-state index >= 15 is 0 Å². The molecule has 1 aliphatic heterocycles. The second-order valence-corrected chi connectivity index (χ2v) is 6.61. The van der Waals surface area contributed by atoms with Crippen LogP contribution in [0.5, 0.6) is 0 Å². The summed E-state index contributed by atoms with van der Waals surface area (Å²) < 4.78 is 0.236. The molecule has 1 unspecified atom stereocenters. The van der Waals surface area contributed by atoms with Crippen molar-refractivity contribution in [2.75, 3.05) is 59.9 Å². The number of nitrogens with zero attached hydrogens (tertiary/aromatic N) is 2. The van der Waals surface area contributed by atoms with Crippen molar-refractivity contribution in [3.8, 4) is 0 Å². The van der Waals surface area contributed by atoms with Crippen LogP contribution in [-0.2, 0) is 20.4 Å². The van der Waals surface area contributed by atoms with Crippen molar-refractivity contribution in [1.29, 1.82) is 0 Å². The molecule has 1 saturated heterocycles. The Kier molecular flexibility index (Phi) is 12.9. The summed E-state index contributed by atoms with van der Waals surface area (Å²) in [6.07, 6.45) is 0. The van der Waals surface area contributed by atoms with Gasteiger partial charge in [0.15, 0.2) is 0 Å². The minimum absolute atomic E-state index is 0. The Labute approximate surface area is 136 Å². The molecule has 0 aliphatic carbocycles. The average molecular weight is 332 g/mol. The van der Waals surface area contributed by atoms with Gasteiger partial charge in [0.25, 0.3) is 0 Å². The van der Waals surface area contributed by atoms with E-state index in [0.717, 1.165) is 45.8 Å². The largest absolute Gasteiger partial charge is 1.00 e. The van der Waals surface area contributed by atoms with Crippen LogP contribution >= 0.6 is 0 Å². The first kappa shape index (κ1) is 21.4. The molecule has 0 saturated carbocycles. The van der Waals surface area contributed by atoms with Gasteiger partial charge in [-0.05, 0) is 0 Å². The maximum Gasteiger partial charge on any atom is -1.00 e. The van der Waals surface area contributed by atoms with Gasteiger partial charge in [0.2, 0.25) is 0 Å². The van der Waals surface area contributed by atoms with E-state index in [4.69, 9.17) is 0 Å². The normalized spacial score (nSPS) is 29.4. The molecule has 1 rings (SSSR count). The second kappa shape index (κ2) is 10.9. The molecule has 1 heterocycles. The van der Waals surface area contributed by atoms with Crippen molar-refractivity contribution in [3.63, 3.8) is 0 Å². The predicted octanol–water partition coefficient (Wildman–Crippen LogP) is -6.69. The molecular formula is C11H25Cl2N4Ti. The van der Waals surface area contributed by atoms with Crippen LogP contribution < -0.4 is 35.4 Å². The van der Waals surface area contributed by atoms with Crippen LogP contribution in [0.1, 0.15) is 6.92 Å². The molecule has 0 amide bonds. The van der Waals surface area contributed by atoms with Crippen molar-refractivity contribution < 1.29 is 45.2 Å². The zero-order chi connectivity index (χ0) is 12.0. The third-order valence-corrected chi connectivity index (χ3v) is 4.15. The zero-order valence-electron chi connectivity index (χ0n) is 11.6. The molecule has 2 N–H and O–H groups in total. The smallest absolute Gasteiger partial charge is 1.00 e. The Hall–Kier alpha value is 1.13. The molecule has 18 heavy (non-hydrogen) atoms. The summed E-state index contributed by atoms with van der Waals surface area (Å²) >= 11 is 2.30. The van der Waals surface area contributed by atoms with E-state index in [1.165, 1.54) is 0 Å². The van der Waals surface area contributed by atoms with Crippen LogP contribution in [0, 0.1) is 0 Å². The average Bonchev–Trinajstić information content (AvgIpc) is 2.23. The van der Waals surface area contributed by atoms with E-state index in [0.29, 0.717) is 0 Å². The van der Waals surface area contributed by atoms with Crippen molar-refractivity contribution >= 4 is 0 Å². The molecule has 4 nitrogen and oxygen atoms in total. The summed E-state index contributed by atoms with van der Waals surface area (Å²) in [5.41, 5.74) is 0. The van der Waals surface area contributed by atoms with E-state index in [-0.39, 0.29) is 28.7 Å². The van der Waals surface area contributed by atoms with Crippen LogP contribution in [0.25, 0.3) is 0 Å². The fourth-order valence-corrected chi connectivity index (χ4v) is 2.09. The summed E-state index contributed by atoms with van der Waals surface area (Å²) in [5.74, 6) is 0. The monoisotopic (exact) mass is 331 g/mol. The first-order valence-corrected chi connectivity index (χ1v) is 6.87. The van der Waals surface area contributed by atoms with Crippen molar-refractivity contribution in [2.45, 2.75) is 10.8 Å². The molecule has 0 aromatic rings. The first-order valence-electron chi connectivity index (χ1n) is 6.08. The van der Waals surface area contributed by atoms with Gasteiger partial charge < -0.3 is 24.8 Å². The Morgan fingerprint density at radius 1 is 0.944 bits per heavy atom. The van der Waals surface area contributed by atoms with E-state index in [1.54, 1.807) is 0 Å². The van der Waals surface area contributed by atoms with Gasteiger partial charge in [-0.15, -0.1) is 0 Å². The number of hydrogen-bond acceptors (Lipinski definition) is 4. The summed E-state index contributed by atoms with van der Waals surface area (Å²) in [5, 5.41) is 6.97. The fraction of sp³-hybridized carbons (Fsp3) is 1.00. The molecule has 0 spiro atoms. The third-order valence-electron chi connectivity index (χ3n) is 3.28. The number of likely N-dealkylation sites (N-methyl/N-ethyl adjacent to an activating group) is 2. The fourth-order valence-electron chi connectivity index (χ4n) is 1.72. The standard InChI is InChI=1S/C11H25N4.2ClH.Ti/c1-11-10-13-5-4-12-6-7-14(2)8-9-15(11)3;;;/h12-13H,4-10H2,1-3H3;2*1H;/q;;;+2/p-2. The van der Waals surface area contributed by atoms with Crippen LogP contribution in [0.2, 0.25) is 0 Å². The number of halogens is 2. The summed E-state index contributed by atoms with van der Waals surface area (Å²) in [7, 11) is 4.42. The van der Waals surface area contributed by atoms with Crippen LogP contribution in [-0.4, -0.2) is 73.6 Å². The van der Waals surface area contributed by atoms with Crippen LogP contribution in [0.15, 0.2) is 0 Å². The van der Waals surface area contributed by atoms with Gasteiger partial charge in [0.1, 0.15) is 0 Å². The Bertz CT molecular complexity index is 207. The number of hydrogen-bond donors (Lipinski definition) is 2. The first-order chi connectivity index (χ1) is 7.52. The summed E-state index contributed by atoms with van der Waals surface area (Å²) in [4.78, 5) is 4.85. The molecule has 0 aromatic carbocycles. The van der Waals surface area contributed by atoms with Gasteiger partial charge >= 0.3 is 112 Å². The van der Waals surface area contributed by atoms with Gasteiger partial charge in [0.05, 0.1) is 0 Å². The predicted molar refractivity (Wildman–Crippen MR) is 64.3 cm³/mol. The van der Waals surface area contributed by atoms with E-state index < -0.39 is 0 Å². The van der Waals surface area contributed by atoms with Crippen LogP contribution in [0.4, 0.5) is 0 Å². The SMILES string of the molecule is CN1CCNCCNC[C](C)([Ti+2])N(C)CC1.[Cl-].[Cl-]. The molecule has 0 aromatic heterocycles. The molecule has 7 heteroatoms. The summed E-state index contributed by atoms with van der Waals surface area (Å²) in [6.45, 7) is 9.97. The van der Waals surface area contributed by atoms with Gasteiger partial charge in [-0.1, -0.05) is 0 Å². The molecular weight excluding hydrogens is 307 g/mol. The second-order valence-electron chi connectivity index (χ2n) is 4.93. The zero-order valence-corrected chi connectivity index (χ0v) is 14.7. The molecule has 1 aliphatic rings. The van der Waals surface area contributed by atoms with Crippen LogP contribution in [0.3, 0.4) is 0 Å². The minimum Gasteiger partial charge on any atom is -1.00 e. The molecule has 107 valence electrons. The molecule has 0 radical (unpaired) electrons. The van der Waals surface area contributed by atoms with Crippen molar-refractivity contribution in [3.05, 3.63) is 0 Å². The van der Waals surface area contributed by atoms with E-state index in [2.05, 4.69) is 61.9 Å². The van der Waals surface area contributed by atoms with Gasteiger partial charge in [-0.2, -0.15) is 0 Å². The number of rotatable bonds is 0. The maximum atomic E-state index is 3.52. The van der Waals surface area contributed by atoms with Crippen molar-refractivity contribution in [2.24, 2.45) is 0 Å². The van der Waals surface area contributed by atoms with Crippen molar-refractivity contribution in [1.82, 2.24) is 20.4 Å². The van der Waals surface area contributed by atoms with Gasteiger partial charge in [-0.25, -0.2) is 0 Å².